The summed E-state index contributed by atoms with van der Waals surface area (Å²) in [5.41, 5.74) is 1.15. The number of hydrogen-bond acceptors (Lipinski definition) is 5. The molecule has 0 aliphatic heterocycles. The Labute approximate surface area is 122 Å². The van der Waals surface area contributed by atoms with Crippen molar-refractivity contribution in [3.63, 3.8) is 0 Å². The van der Waals surface area contributed by atoms with Gasteiger partial charge in [0.2, 0.25) is 10.0 Å². The van der Waals surface area contributed by atoms with Gasteiger partial charge in [-0.3, -0.25) is 0 Å². The van der Waals surface area contributed by atoms with Crippen LogP contribution in [0.25, 0.3) is 0 Å². The van der Waals surface area contributed by atoms with E-state index >= 15 is 0 Å². The predicted molar refractivity (Wildman–Crippen MR) is 75.3 cm³/mol. The SMILES string of the molecule is COC(=O)c1ccc(S(=O)(=O)NCCc2cnc[nH]2)cc1. The van der Waals surface area contributed by atoms with E-state index in [1.807, 2.05) is 0 Å². The minimum atomic E-state index is -3.60. The van der Waals surface area contributed by atoms with Gasteiger partial charge in [-0.15, -0.1) is 0 Å². The van der Waals surface area contributed by atoms with E-state index in [1.165, 1.54) is 37.7 Å². The molecule has 0 saturated heterocycles. The van der Waals surface area contributed by atoms with Gasteiger partial charge in [0.25, 0.3) is 0 Å². The van der Waals surface area contributed by atoms with Crippen LogP contribution in [0.2, 0.25) is 0 Å². The number of hydrogen-bond donors (Lipinski definition) is 2. The molecule has 0 bridgehead atoms. The Kier molecular flexibility index (Phi) is 4.71. The molecule has 1 aromatic carbocycles. The molecule has 0 spiro atoms. The number of carbonyl (C=O) groups excluding carboxylic acids is 1. The third-order valence-electron chi connectivity index (χ3n) is 2.83. The Morgan fingerprint density at radius 2 is 2.05 bits per heavy atom. The molecule has 2 aromatic rings. The molecule has 1 heterocycles. The number of aromatic amines is 1. The summed E-state index contributed by atoms with van der Waals surface area (Å²) in [5.74, 6) is -0.508. The summed E-state index contributed by atoms with van der Waals surface area (Å²) in [6.07, 6.45) is 3.69. The first kappa shape index (κ1) is 15.2. The summed E-state index contributed by atoms with van der Waals surface area (Å²) in [5, 5.41) is 0. The molecule has 0 aliphatic carbocycles. The van der Waals surface area contributed by atoms with Crippen molar-refractivity contribution in [2.24, 2.45) is 0 Å². The first-order chi connectivity index (χ1) is 10.0. The number of benzene rings is 1. The highest BCUT2D eigenvalue weighted by molar-refractivity contribution is 7.89. The first-order valence-electron chi connectivity index (χ1n) is 6.18. The lowest BCUT2D eigenvalue weighted by molar-refractivity contribution is 0.0600. The van der Waals surface area contributed by atoms with Gasteiger partial charge >= 0.3 is 5.97 Å². The zero-order valence-electron chi connectivity index (χ0n) is 11.4. The molecule has 0 saturated carbocycles. The second kappa shape index (κ2) is 6.51. The van der Waals surface area contributed by atoms with Crippen molar-refractivity contribution in [2.45, 2.75) is 11.3 Å². The van der Waals surface area contributed by atoms with Crippen molar-refractivity contribution in [1.29, 1.82) is 0 Å². The van der Waals surface area contributed by atoms with Crippen LogP contribution in [0.1, 0.15) is 16.1 Å². The van der Waals surface area contributed by atoms with Crippen molar-refractivity contribution < 1.29 is 17.9 Å². The quantitative estimate of drug-likeness (QED) is 0.766. The number of imidazole rings is 1. The average molecular weight is 309 g/mol. The highest BCUT2D eigenvalue weighted by Crippen LogP contribution is 2.11. The maximum absolute atomic E-state index is 12.1. The summed E-state index contributed by atoms with van der Waals surface area (Å²) < 4.78 is 31.2. The van der Waals surface area contributed by atoms with E-state index in [0.29, 0.717) is 12.0 Å². The third-order valence-corrected chi connectivity index (χ3v) is 4.30. The normalized spacial score (nSPS) is 11.3. The van der Waals surface area contributed by atoms with Crippen LogP contribution in [0.15, 0.2) is 41.7 Å². The number of sulfonamides is 1. The standard InChI is InChI=1S/C13H15N3O4S/c1-20-13(17)10-2-4-12(5-3-10)21(18,19)16-7-6-11-8-14-9-15-11/h2-5,8-9,16H,6-7H2,1H3,(H,14,15). The van der Waals surface area contributed by atoms with E-state index < -0.39 is 16.0 Å². The number of nitrogens with zero attached hydrogens (tertiary/aromatic N) is 1. The van der Waals surface area contributed by atoms with E-state index in [1.54, 1.807) is 6.20 Å². The van der Waals surface area contributed by atoms with Crippen LogP contribution in [-0.4, -0.2) is 38.0 Å². The second-order valence-corrected chi connectivity index (χ2v) is 6.01. The Balaban J connectivity index is 2.00. The Hall–Kier alpha value is -2.19. The summed E-state index contributed by atoms with van der Waals surface area (Å²) >= 11 is 0. The molecule has 2 rings (SSSR count). The minimum Gasteiger partial charge on any atom is -0.465 e. The van der Waals surface area contributed by atoms with E-state index in [2.05, 4.69) is 19.4 Å². The number of carbonyl (C=O) groups is 1. The van der Waals surface area contributed by atoms with Gasteiger partial charge in [0.15, 0.2) is 0 Å². The molecule has 0 unspecified atom stereocenters. The molecule has 0 atom stereocenters. The van der Waals surface area contributed by atoms with Crippen LogP contribution in [0.4, 0.5) is 0 Å². The Morgan fingerprint density at radius 3 is 2.62 bits per heavy atom. The van der Waals surface area contributed by atoms with Gasteiger partial charge in [0, 0.05) is 24.9 Å². The smallest absolute Gasteiger partial charge is 0.337 e. The van der Waals surface area contributed by atoms with Gasteiger partial charge in [-0.25, -0.2) is 22.9 Å². The number of rotatable bonds is 6. The molecule has 0 fully saturated rings. The molecular weight excluding hydrogens is 294 g/mol. The van der Waals surface area contributed by atoms with Crippen molar-refractivity contribution in [3.05, 3.63) is 48.0 Å². The van der Waals surface area contributed by atoms with Crippen molar-refractivity contribution in [1.82, 2.24) is 14.7 Å². The van der Waals surface area contributed by atoms with Gasteiger partial charge in [-0.05, 0) is 24.3 Å². The maximum atomic E-state index is 12.1. The molecule has 7 nitrogen and oxygen atoms in total. The maximum Gasteiger partial charge on any atom is 0.337 e. The molecule has 2 N–H and O–H groups in total. The van der Waals surface area contributed by atoms with Gasteiger partial charge in [0.1, 0.15) is 0 Å². The number of esters is 1. The van der Waals surface area contributed by atoms with Crippen LogP contribution in [-0.2, 0) is 21.2 Å². The van der Waals surface area contributed by atoms with Crippen LogP contribution in [0, 0.1) is 0 Å². The van der Waals surface area contributed by atoms with E-state index in [4.69, 9.17) is 0 Å². The van der Waals surface area contributed by atoms with E-state index in [0.717, 1.165) is 5.69 Å². The fourth-order valence-electron chi connectivity index (χ4n) is 1.71. The summed E-state index contributed by atoms with van der Waals surface area (Å²) in [7, 11) is -2.33. The lowest BCUT2D eigenvalue weighted by Gasteiger charge is -2.06. The zero-order chi connectivity index (χ0) is 15.3. The van der Waals surface area contributed by atoms with Gasteiger partial charge in [-0.2, -0.15) is 0 Å². The van der Waals surface area contributed by atoms with Gasteiger partial charge in [0.05, 0.1) is 23.9 Å². The zero-order valence-corrected chi connectivity index (χ0v) is 12.2. The van der Waals surface area contributed by atoms with E-state index in [9.17, 15) is 13.2 Å². The fraction of sp³-hybridized carbons (Fsp3) is 0.231. The molecule has 1 aromatic heterocycles. The average Bonchev–Trinajstić information content (AvgIpc) is 2.99. The molecular formula is C13H15N3O4S. The minimum absolute atomic E-state index is 0.0970. The summed E-state index contributed by atoms with van der Waals surface area (Å²) in [4.78, 5) is 18.1. The second-order valence-electron chi connectivity index (χ2n) is 4.24. The van der Waals surface area contributed by atoms with Gasteiger partial charge < -0.3 is 9.72 Å². The van der Waals surface area contributed by atoms with Gasteiger partial charge in [-0.1, -0.05) is 0 Å². The van der Waals surface area contributed by atoms with Crippen LogP contribution >= 0.6 is 0 Å². The van der Waals surface area contributed by atoms with Crippen LogP contribution < -0.4 is 4.72 Å². The molecule has 0 aliphatic rings. The van der Waals surface area contributed by atoms with Crippen molar-refractivity contribution in [3.8, 4) is 0 Å². The molecule has 0 radical (unpaired) electrons. The van der Waals surface area contributed by atoms with Crippen molar-refractivity contribution >= 4 is 16.0 Å². The summed E-state index contributed by atoms with van der Waals surface area (Å²) in [6, 6.07) is 5.56. The highest BCUT2D eigenvalue weighted by atomic mass is 32.2. The van der Waals surface area contributed by atoms with Crippen molar-refractivity contribution in [2.75, 3.05) is 13.7 Å². The lowest BCUT2D eigenvalue weighted by Crippen LogP contribution is -2.26. The van der Waals surface area contributed by atoms with E-state index in [-0.39, 0.29) is 11.4 Å². The number of methoxy groups -OCH3 is 1. The molecule has 8 heteroatoms. The number of aromatic nitrogens is 2. The highest BCUT2D eigenvalue weighted by Gasteiger charge is 2.14. The first-order valence-corrected chi connectivity index (χ1v) is 7.66. The summed E-state index contributed by atoms with van der Waals surface area (Å²) in [6.45, 7) is 0.253. The Morgan fingerprint density at radius 1 is 1.33 bits per heavy atom. The fourth-order valence-corrected chi connectivity index (χ4v) is 2.74. The molecule has 0 amide bonds. The van der Waals surface area contributed by atoms with Crippen LogP contribution in [0.3, 0.4) is 0 Å². The molecule has 112 valence electrons. The topological polar surface area (TPSA) is 101 Å². The molecule has 21 heavy (non-hydrogen) atoms. The number of ether oxygens (including phenoxy) is 1. The monoisotopic (exact) mass is 309 g/mol. The number of H-pyrrole nitrogens is 1. The largest absolute Gasteiger partial charge is 0.465 e. The number of nitrogens with one attached hydrogen (secondary N) is 2. The lowest BCUT2D eigenvalue weighted by atomic mass is 10.2. The third kappa shape index (κ3) is 3.89. The Bertz CT molecular complexity index is 694. The predicted octanol–water partition coefficient (Wildman–Crippen LogP) is 0.717. The van der Waals surface area contributed by atoms with Crippen LogP contribution in [0.5, 0.6) is 0 Å².